The number of aromatic nitrogens is 2. The summed E-state index contributed by atoms with van der Waals surface area (Å²) in [5, 5.41) is 3.73. The van der Waals surface area contributed by atoms with Gasteiger partial charge in [-0.15, -0.1) is 0 Å². The molecule has 3 heterocycles. The van der Waals surface area contributed by atoms with Crippen molar-refractivity contribution in [1.82, 2.24) is 9.13 Å². The first kappa shape index (κ1) is 28.7. The summed E-state index contributed by atoms with van der Waals surface area (Å²) in [6.07, 6.45) is 0. The maximum atomic E-state index is 2.46. The lowest BCUT2D eigenvalue weighted by molar-refractivity contribution is 0.632. The number of hydrogen-bond acceptors (Lipinski definition) is 1. The first-order valence-electron chi connectivity index (χ1n) is 17.4. The molecule has 0 N–H and O–H groups in total. The molecule has 0 amide bonds. The van der Waals surface area contributed by atoms with Gasteiger partial charge in [0.15, 0.2) is 0 Å². The van der Waals surface area contributed by atoms with Crippen molar-refractivity contribution in [2.24, 2.45) is 0 Å². The highest BCUT2D eigenvalue weighted by Crippen LogP contribution is 2.51. The van der Waals surface area contributed by atoms with E-state index in [1.807, 2.05) is 0 Å². The Hall–Kier alpha value is -6.32. The Morgan fingerprint density at radius 3 is 1.64 bits per heavy atom. The van der Waals surface area contributed by atoms with Crippen LogP contribution in [0.4, 0.5) is 17.1 Å². The molecule has 0 atom stereocenters. The number of benzene rings is 7. The first-order chi connectivity index (χ1) is 24.6. The van der Waals surface area contributed by atoms with E-state index in [9.17, 15) is 0 Å². The summed E-state index contributed by atoms with van der Waals surface area (Å²) in [6.45, 7) is 4.67. The predicted octanol–water partition coefficient (Wildman–Crippen LogP) is 12.5. The van der Waals surface area contributed by atoms with Gasteiger partial charge < -0.3 is 14.0 Å². The predicted molar refractivity (Wildman–Crippen MR) is 210 cm³/mol. The second-order valence-corrected chi connectivity index (χ2v) is 13.8. The van der Waals surface area contributed by atoms with E-state index in [4.69, 9.17) is 0 Å². The lowest BCUT2D eigenvalue weighted by Gasteiger charge is -2.42. The third-order valence-corrected chi connectivity index (χ3v) is 10.7. The molecular formula is C47H35N3. The van der Waals surface area contributed by atoms with Crippen molar-refractivity contribution < 1.29 is 0 Å². The van der Waals surface area contributed by atoms with Crippen molar-refractivity contribution >= 4 is 49.8 Å². The number of anilines is 3. The van der Waals surface area contributed by atoms with Crippen molar-refractivity contribution in [3.8, 4) is 22.6 Å². The molecule has 0 radical (unpaired) electrons. The minimum absolute atomic E-state index is 0.0905. The Morgan fingerprint density at radius 1 is 0.400 bits per heavy atom. The molecule has 9 aromatic rings. The minimum atomic E-state index is -0.0905. The summed E-state index contributed by atoms with van der Waals surface area (Å²) >= 11 is 0. The molecule has 0 saturated carbocycles. The van der Waals surface area contributed by atoms with E-state index in [1.54, 1.807) is 0 Å². The lowest BCUT2D eigenvalue weighted by Crippen LogP contribution is -2.30. The Labute approximate surface area is 291 Å². The summed E-state index contributed by atoms with van der Waals surface area (Å²) in [4.78, 5) is 2.43. The number of nitrogens with zero attached hydrogens (tertiary/aromatic N) is 3. The average Bonchev–Trinajstić information content (AvgIpc) is 3.73. The summed E-state index contributed by atoms with van der Waals surface area (Å²) in [6, 6.07) is 64.1. The topological polar surface area (TPSA) is 13.1 Å². The van der Waals surface area contributed by atoms with Gasteiger partial charge in [0, 0.05) is 38.6 Å². The van der Waals surface area contributed by atoms with Crippen molar-refractivity contribution in [3.05, 3.63) is 187 Å². The van der Waals surface area contributed by atoms with E-state index in [0.717, 1.165) is 17.1 Å². The van der Waals surface area contributed by atoms with Crippen molar-refractivity contribution in [3.63, 3.8) is 0 Å². The van der Waals surface area contributed by atoms with Crippen LogP contribution in [-0.4, -0.2) is 9.13 Å². The fourth-order valence-electron chi connectivity index (χ4n) is 8.38. The largest absolute Gasteiger partial charge is 0.310 e. The Bertz CT molecular complexity index is 2660. The second kappa shape index (κ2) is 10.8. The molecular weight excluding hydrogens is 607 g/mol. The monoisotopic (exact) mass is 641 g/mol. The molecule has 50 heavy (non-hydrogen) atoms. The zero-order valence-electron chi connectivity index (χ0n) is 28.1. The van der Waals surface area contributed by atoms with Crippen LogP contribution in [0.3, 0.4) is 0 Å². The van der Waals surface area contributed by atoms with Crippen molar-refractivity contribution in [1.29, 1.82) is 0 Å². The van der Waals surface area contributed by atoms with Crippen LogP contribution in [0.1, 0.15) is 25.0 Å². The van der Waals surface area contributed by atoms with Crippen LogP contribution in [0, 0.1) is 0 Å². The van der Waals surface area contributed by atoms with E-state index < -0.39 is 0 Å². The fraction of sp³-hybridized carbons (Fsp3) is 0.0638. The quantitative estimate of drug-likeness (QED) is 0.186. The van der Waals surface area contributed by atoms with Crippen LogP contribution in [0.25, 0.3) is 55.3 Å². The highest BCUT2D eigenvalue weighted by atomic mass is 15.2. The molecule has 0 spiro atoms. The molecule has 1 aliphatic rings. The fourth-order valence-corrected chi connectivity index (χ4v) is 8.38. The molecule has 7 aromatic carbocycles. The molecule has 3 nitrogen and oxygen atoms in total. The summed E-state index contributed by atoms with van der Waals surface area (Å²) in [5.74, 6) is 0. The summed E-state index contributed by atoms with van der Waals surface area (Å²) < 4.78 is 4.87. The zero-order valence-corrected chi connectivity index (χ0v) is 28.1. The van der Waals surface area contributed by atoms with Gasteiger partial charge in [-0.2, -0.15) is 0 Å². The lowest BCUT2D eigenvalue weighted by atomic mass is 9.73. The molecule has 0 aliphatic carbocycles. The van der Waals surface area contributed by atoms with E-state index in [2.05, 4.69) is 204 Å². The number of hydrogen-bond donors (Lipinski definition) is 0. The van der Waals surface area contributed by atoms with E-state index in [0.29, 0.717) is 0 Å². The van der Waals surface area contributed by atoms with Crippen LogP contribution in [-0.2, 0) is 5.41 Å². The minimum Gasteiger partial charge on any atom is -0.310 e. The van der Waals surface area contributed by atoms with E-state index >= 15 is 0 Å². The Balaban J connectivity index is 1.21. The second-order valence-electron chi connectivity index (χ2n) is 13.8. The first-order valence-corrected chi connectivity index (χ1v) is 17.4. The molecule has 10 rings (SSSR count). The molecule has 0 unspecified atom stereocenters. The van der Waals surface area contributed by atoms with Crippen LogP contribution in [0.2, 0.25) is 0 Å². The van der Waals surface area contributed by atoms with E-state index in [1.165, 1.54) is 66.5 Å². The van der Waals surface area contributed by atoms with E-state index in [-0.39, 0.29) is 5.41 Å². The molecule has 238 valence electrons. The van der Waals surface area contributed by atoms with Gasteiger partial charge in [0.25, 0.3) is 0 Å². The normalized spacial score (nSPS) is 13.5. The smallest absolute Gasteiger partial charge is 0.0635 e. The molecule has 3 heteroatoms. The van der Waals surface area contributed by atoms with Gasteiger partial charge in [-0.1, -0.05) is 123 Å². The average molecular weight is 642 g/mol. The molecule has 2 aromatic heterocycles. The van der Waals surface area contributed by atoms with Crippen LogP contribution >= 0.6 is 0 Å². The van der Waals surface area contributed by atoms with Crippen molar-refractivity contribution in [2.75, 3.05) is 4.90 Å². The van der Waals surface area contributed by atoms with Gasteiger partial charge in [0.1, 0.15) is 0 Å². The van der Waals surface area contributed by atoms with Gasteiger partial charge >= 0.3 is 0 Å². The van der Waals surface area contributed by atoms with Gasteiger partial charge in [0.2, 0.25) is 0 Å². The summed E-state index contributed by atoms with van der Waals surface area (Å²) in [7, 11) is 0. The number of rotatable bonds is 4. The third-order valence-electron chi connectivity index (χ3n) is 10.7. The van der Waals surface area contributed by atoms with Crippen molar-refractivity contribution in [2.45, 2.75) is 19.3 Å². The maximum absolute atomic E-state index is 2.46. The highest BCUT2D eigenvalue weighted by molar-refractivity contribution is 6.19. The van der Waals surface area contributed by atoms with Gasteiger partial charge in [-0.3, -0.25) is 0 Å². The maximum Gasteiger partial charge on any atom is 0.0635 e. The number of fused-ring (bicyclic) bond motifs is 7. The van der Waals surface area contributed by atoms with Crippen LogP contribution < -0.4 is 4.90 Å². The van der Waals surface area contributed by atoms with Gasteiger partial charge in [-0.05, 0) is 83.4 Å². The Kier molecular flexibility index (Phi) is 6.22. The third kappa shape index (κ3) is 4.10. The molecule has 0 bridgehead atoms. The van der Waals surface area contributed by atoms with Gasteiger partial charge in [0.05, 0.1) is 33.6 Å². The Morgan fingerprint density at radius 2 is 0.940 bits per heavy atom. The zero-order chi connectivity index (χ0) is 33.4. The van der Waals surface area contributed by atoms with Gasteiger partial charge in [-0.25, -0.2) is 0 Å². The molecule has 1 aliphatic heterocycles. The summed E-state index contributed by atoms with van der Waals surface area (Å²) in [5.41, 5.74) is 14.5. The van der Waals surface area contributed by atoms with Crippen LogP contribution in [0.5, 0.6) is 0 Å². The highest BCUT2D eigenvalue weighted by Gasteiger charge is 2.36. The number of para-hydroxylation sites is 4. The standard InChI is InChI=1S/C47H35N3/c1-47(2)39-20-10-13-23-43(39)49(44-24-14-11-21-40(44)47)34-25-27-35(28-26-34)50-41-22-12-9-19-36(41)37-29-30-42-38(46(37)50)31-45(32-15-5-3-6-16-32)48(42)33-17-7-4-8-18-33/h3-31H,1-2H3. The van der Waals surface area contributed by atoms with Crippen LogP contribution in [0.15, 0.2) is 176 Å². The molecule has 0 saturated heterocycles. The molecule has 0 fully saturated rings. The SMILES string of the molecule is CC1(C)c2ccccc2N(c2ccc(-n3c4ccccc4c4ccc5c(cc(-c6ccccc6)n5-c5ccccc5)c43)cc2)c2ccccc21.